The first-order valence-electron chi connectivity index (χ1n) is 9.30. The van der Waals surface area contributed by atoms with Crippen LogP contribution in [-0.2, 0) is 19.3 Å². The summed E-state index contributed by atoms with van der Waals surface area (Å²) in [6.45, 7) is 3.17. The maximum absolute atomic E-state index is 12.7. The number of rotatable bonds is 8. The van der Waals surface area contributed by atoms with Gasteiger partial charge in [0.1, 0.15) is 0 Å². The third-order valence-corrected chi connectivity index (χ3v) is 4.28. The van der Waals surface area contributed by atoms with Crippen LogP contribution in [0, 0.1) is 0 Å². The summed E-state index contributed by atoms with van der Waals surface area (Å²) < 4.78 is 54.2. The van der Waals surface area contributed by atoms with Crippen LogP contribution in [0.25, 0.3) is 0 Å². The molecule has 0 radical (unpaired) electrons. The molecule has 2 rings (SSSR count). The maximum atomic E-state index is 12.7. The van der Waals surface area contributed by atoms with E-state index in [1.54, 1.807) is 20.3 Å². The second-order valence-electron chi connectivity index (χ2n) is 6.24. The fourth-order valence-electron chi connectivity index (χ4n) is 2.79. The second kappa shape index (κ2) is 12.5. The van der Waals surface area contributed by atoms with Gasteiger partial charge in [0.05, 0.1) is 33.4 Å². The van der Waals surface area contributed by atoms with E-state index in [-0.39, 0.29) is 30.5 Å². The number of hydrogen-bond donors (Lipinski definition) is 2. The SMILES string of the molecule is CCNC(=NCc1ccc(C(F)(F)F)cc1)NCc1ccc(OC)c(OC)c1OC.I. The molecule has 6 nitrogen and oxygen atoms in total. The van der Waals surface area contributed by atoms with Gasteiger partial charge in [0.15, 0.2) is 17.5 Å². The molecular weight excluding hydrogens is 526 g/mol. The molecule has 0 unspecified atom stereocenters. The lowest BCUT2D eigenvalue weighted by Gasteiger charge is -2.17. The summed E-state index contributed by atoms with van der Waals surface area (Å²) in [5, 5.41) is 6.30. The van der Waals surface area contributed by atoms with E-state index in [0.717, 1.165) is 17.7 Å². The molecule has 172 valence electrons. The minimum Gasteiger partial charge on any atom is -0.493 e. The average Bonchev–Trinajstić information content (AvgIpc) is 2.74. The lowest BCUT2D eigenvalue weighted by molar-refractivity contribution is -0.137. The molecule has 0 spiro atoms. The summed E-state index contributed by atoms with van der Waals surface area (Å²) in [5.74, 6) is 2.11. The Labute approximate surface area is 197 Å². The quantitative estimate of drug-likeness (QED) is 0.284. The molecule has 2 aromatic carbocycles. The number of methoxy groups -OCH3 is 3. The van der Waals surface area contributed by atoms with Gasteiger partial charge in [-0.15, -0.1) is 24.0 Å². The Morgan fingerprint density at radius 3 is 2.06 bits per heavy atom. The smallest absolute Gasteiger partial charge is 0.416 e. The summed E-state index contributed by atoms with van der Waals surface area (Å²) in [6, 6.07) is 8.59. The Balaban J connectivity index is 0.00000480. The van der Waals surface area contributed by atoms with Crippen LogP contribution in [0.2, 0.25) is 0 Å². The summed E-state index contributed by atoms with van der Waals surface area (Å²) in [6.07, 6.45) is -4.35. The zero-order valence-corrected chi connectivity index (χ0v) is 20.1. The van der Waals surface area contributed by atoms with Crippen molar-refractivity contribution < 1.29 is 27.4 Å². The minimum absolute atomic E-state index is 0. The van der Waals surface area contributed by atoms with Crippen molar-refractivity contribution >= 4 is 29.9 Å². The van der Waals surface area contributed by atoms with Crippen molar-refractivity contribution in [3.8, 4) is 17.2 Å². The first-order valence-corrected chi connectivity index (χ1v) is 9.30. The van der Waals surface area contributed by atoms with Gasteiger partial charge in [-0.05, 0) is 36.8 Å². The predicted molar refractivity (Wildman–Crippen MR) is 125 cm³/mol. The molecule has 31 heavy (non-hydrogen) atoms. The highest BCUT2D eigenvalue weighted by Crippen LogP contribution is 2.39. The van der Waals surface area contributed by atoms with Crippen molar-refractivity contribution in [3.05, 3.63) is 53.1 Å². The summed E-state index contributed by atoms with van der Waals surface area (Å²) in [4.78, 5) is 4.44. The molecule has 2 N–H and O–H groups in total. The summed E-state index contributed by atoms with van der Waals surface area (Å²) >= 11 is 0. The second-order valence-corrected chi connectivity index (χ2v) is 6.24. The van der Waals surface area contributed by atoms with Crippen LogP contribution in [0.15, 0.2) is 41.4 Å². The van der Waals surface area contributed by atoms with Gasteiger partial charge in [0.25, 0.3) is 0 Å². The molecule has 0 amide bonds. The number of ether oxygens (including phenoxy) is 3. The summed E-state index contributed by atoms with van der Waals surface area (Å²) in [7, 11) is 4.63. The zero-order chi connectivity index (χ0) is 22.1. The Hall–Kier alpha value is -2.37. The van der Waals surface area contributed by atoms with E-state index in [1.807, 2.05) is 13.0 Å². The van der Waals surface area contributed by atoms with Crippen molar-refractivity contribution in [1.29, 1.82) is 0 Å². The largest absolute Gasteiger partial charge is 0.493 e. The van der Waals surface area contributed by atoms with Crippen LogP contribution in [-0.4, -0.2) is 33.8 Å². The van der Waals surface area contributed by atoms with E-state index >= 15 is 0 Å². The van der Waals surface area contributed by atoms with Crippen molar-refractivity contribution in [1.82, 2.24) is 10.6 Å². The van der Waals surface area contributed by atoms with E-state index in [4.69, 9.17) is 14.2 Å². The molecule has 0 bridgehead atoms. The molecule has 0 heterocycles. The van der Waals surface area contributed by atoms with Crippen LogP contribution in [0.4, 0.5) is 13.2 Å². The number of nitrogens with zero attached hydrogens (tertiary/aromatic N) is 1. The van der Waals surface area contributed by atoms with Gasteiger partial charge in [-0.3, -0.25) is 0 Å². The topological polar surface area (TPSA) is 64.1 Å². The number of guanidine groups is 1. The van der Waals surface area contributed by atoms with Gasteiger partial charge in [-0.2, -0.15) is 13.2 Å². The molecular formula is C21H27F3IN3O3. The fourth-order valence-corrected chi connectivity index (χ4v) is 2.79. The van der Waals surface area contributed by atoms with Gasteiger partial charge in [0, 0.05) is 18.7 Å². The molecule has 0 saturated carbocycles. The average molecular weight is 553 g/mol. The Morgan fingerprint density at radius 1 is 0.903 bits per heavy atom. The van der Waals surface area contributed by atoms with E-state index in [1.165, 1.54) is 19.2 Å². The Kier molecular flexibility index (Phi) is 10.7. The van der Waals surface area contributed by atoms with Crippen LogP contribution in [0.1, 0.15) is 23.6 Å². The lowest BCUT2D eigenvalue weighted by atomic mass is 10.1. The number of aliphatic imine (C=N–C) groups is 1. The van der Waals surface area contributed by atoms with Crippen LogP contribution < -0.4 is 24.8 Å². The highest BCUT2D eigenvalue weighted by molar-refractivity contribution is 14.0. The van der Waals surface area contributed by atoms with Gasteiger partial charge < -0.3 is 24.8 Å². The maximum Gasteiger partial charge on any atom is 0.416 e. The van der Waals surface area contributed by atoms with Crippen molar-refractivity contribution in [2.75, 3.05) is 27.9 Å². The molecule has 0 atom stereocenters. The van der Waals surface area contributed by atoms with E-state index in [2.05, 4.69) is 15.6 Å². The number of halogens is 4. The van der Waals surface area contributed by atoms with Crippen LogP contribution in [0.5, 0.6) is 17.2 Å². The minimum atomic E-state index is -4.35. The predicted octanol–water partition coefficient (Wildman–Crippen LogP) is 4.60. The first-order chi connectivity index (χ1) is 14.3. The third kappa shape index (κ3) is 7.37. The lowest BCUT2D eigenvalue weighted by Crippen LogP contribution is -2.36. The molecule has 10 heteroatoms. The molecule has 0 fully saturated rings. The van der Waals surface area contributed by atoms with Gasteiger partial charge in [-0.25, -0.2) is 4.99 Å². The van der Waals surface area contributed by atoms with Gasteiger partial charge in [0.2, 0.25) is 5.75 Å². The standard InChI is InChI=1S/C21H26F3N3O3.HI/c1-5-25-20(26-12-14-6-9-16(10-7-14)21(22,23)24)27-13-15-8-11-17(28-2)19(30-4)18(15)29-3;/h6-11H,5,12-13H2,1-4H3,(H2,25,26,27);1H. The van der Waals surface area contributed by atoms with Crippen molar-refractivity contribution in [3.63, 3.8) is 0 Å². The fraction of sp³-hybridized carbons (Fsp3) is 0.381. The normalized spacial score (nSPS) is 11.4. The molecule has 0 aromatic heterocycles. The Bertz CT molecular complexity index is 859. The van der Waals surface area contributed by atoms with Crippen LogP contribution >= 0.6 is 24.0 Å². The van der Waals surface area contributed by atoms with Gasteiger partial charge >= 0.3 is 6.18 Å². The molecule has 0 aliphatic heterocycles. The highest BCUT2D eigenvalue weighted by atomic mass is 127. The molecule has 0 saturated heterocycles. The monoisotopic (exact) mass is 553 g/mol. The van der Waals surface area contributed by atoms with Crippen molar-refractivity contribution in [2.24, 2.45) is 4.99 Å². The number of benzene rings is 2. The molecule has 2 aromatic rings. The van der Waals surface area contributed by atoms with Gasteiger partial charge in [-0.1, -0.05) is 12.1 Å². The molecule has 0 aliphatic rings. The highest BCUT2D eigenvalue weighted by Gasteiger charge is 2.29. The number of alkyl halides is 3. The zero-order valence-electron chi connectivity index (χ0n) is 17.8. The van der Waals surface area contributed by atoms with E-state index in [9.17, 15) is 13.2 Å². The molecule has 0 aliphatic carbocycles. The van der Waals surface area contributed by atoms with E-state index in [0.29, 0.717) is 41.9 Å². The number of hydrogen-bond acceptors (Lipinski definition) is 4. The van der Waals surface area contributed by atoms with Crippen molar-refractivity contribution in [2.45, 2.75) is 26.2 Å². The summed E-state index contributed by atoms with van der Waals surface area (Å²) in [5.41, 5.74) is 0.819. The number of nitrogens with one attached hydrogen (secondary N) is 2. The first kappa shape index (κ1) is 26.7. The van der Waals surface area contributed by atoms with E-state index < -0.39 is 11.7 Å². The Morgan fingerprint density at radius 2 is 1.55 bits per heavy atom. The third-order valence-electron chi connectivity index (χ3n) is 4.28. The van der Waals surface area contributed by atoms with Crippen LogP contribution in [0.3, 0.4) is 0 Å².